The van der Waals surface area contributed by atoms with Gasteiger partial charge < -0.3 is 14.8 Å². The highest BCUT2D eigenvalue weighted by Gasteiger charge is 2.61. The number of nitrogens with one attached hydrogen (secondary N) is 1. The number of amides is 1. The fraction of sp³-hybridized carbons (Fsp3) is 0.485. The molecule has 228 valence electrons. The van der Waals surface area contributed by atoms with Gasteiger partial charge in [-0.2, -0.15) is 13.2 Å². The van der Waals surface area contributed by atoms with Crippen LogP contribution in [0.25, 0.3) is 0 Å². The van der Waals surface area contributed by atoms with Crippen molar-refractivity contribution < 1.29 is 37.0 Å². The van der Waals surface area contributed by atoms with Crippen molar-refractivity contribution in [3.05, 3.63) is 65.2 Å². The van der Waals surface area contributed by atoms with Crippen molar-refractivity contribution in [3.63, 3.8) is 0 Å². The minimum atomic E-state index is -4.45. The van der Waals surface area contributed by atoms with Crippen LogP contribution in [0.4, 0.5) is 13.2 Å². The molecule has 0 aromatic heterocycles. The topological polar surface area (TPSA) is 84.9 Å². The van der Waals surface area contributed by atoms with E-state index in [9.17, 15) is 27.6 Å². The molecular weight excluding hydrogens is 561 g/mol. The number of rotatable bonds is 6. The van der Waals surface area contributed by atoms with E-state index in [2.05, 4.69) is 22.1 Å². The quantitative estimate of drug-likeness (QED) is 0.287. The predicted octanol–water partition coefficient (Wildman–Crippen LogP) is 5.01. The van der Waals surface area contributed by atoms with Gasteiger partial charge in [-0.05, 0) is 92.9 Å². The molecule has 43 heavy (non-hydrogen) atoms. The number of hydrogen-bond acceptors (Lipinski definition) is 6. The number of esters is 2. The second-order valence-corrected chi connectivity index (χ2v) is 12.0. The first kappa shape index (κ1) is 30.6. The Balaban J connectivity index is 1.42. The first-order chi connectivity index (χ1) is 20.4. The Kier molecular flexibility index (Phi) is 8.57. The Morgan fingerprint density at radius 3 is 2.42 bits per heavy atom. The van der Waals surface area contributed by atoms with Crippen LogP contribution in [-0.2, 0) is 30.7 Å². The standard InChI is InChI=1S/C33H35F3N2O5/c1-22(39)42-29-5-3-4-27(18-29)31-16-17-38(20-25-6-7-25)21-32(31,43-23(2)40)15-14-28(19-31)37-30(41)13-10-24-8-11-26(12-9-24)33(34,35)36/h3-5,8-9,11-12,18,25,28H,6-7,14-17,19-21H2,1-2H3,(H,37,41)/t28-,31+,32+/m1/s1. The lowest BCUT2D eigenvalue weighted by Gasteiger charge is -2.59. The number of carbonyl (C=O) groups is 3. The molecule has 3 atom stereocenters. The van der Waals surface area contributed by atoms with E-state index in [0.717, 1.165) is 30.8 Å². The van der Waals surface area contributed by atoms with E-state index in [1.807, 2.05) is 18.2 Å². The molecule has 0 unspecified atom stereocenters. The molecule has 2 saturated carbocycles. The molecule has 5 rings (SSSR count). The van der Waals surface area contributed by atoms with E-state index in [4.69, 9.17) is 9.47 Å². The lowest BCUT2D eigenvalue weighted by atomic mass is 9.55. The molecule has 0 bridgehead atoms. The number of alkyl halides is 3. The van der Waals surface area contributed by atoms with Gasteiger partial charge in [0.15, 0.2) is 0 Å². The van der Waals surface area contributed by atoms with Gasteiger partial charge >= 0.3 is 18.1 Å². The van der Waals surface area contributed by atoms with Crippen LogP contribution in [0.15, 0.2) is 48.5 Å². The van der Waals surface area contributed by atoms with Gasteiger partial charge in [-0.1, -0.05) is 18.1 Å². The minimum absolute atomic E-state index is 0.294. The highest BCUT2D eigenvalue weighted by Crippen LogP contribution is 2.54. The Bertz CT molecular complexity index is 1440. The fourth-order valence-corrected chi connectivity index (χ4v) is 6.75. The van der Waals surface area contributed by atoms with Crippen LogP contribution in [-0.4, -0.2) is 54.0 Å². The van der Waals surface area contributed by atoms with Crippen LogP contribution < -0.4 is 10.1 Å². The SMILES string of the molecule is CC(=O)Oc1cccc([C@@]23CCN(CC4CC4)C[C@@]2(OC(C)=O)CC[C@@H](NC(=O)C#Cc2ccc(C(F)(F)F)cc2)C3)c1. The van der Waals surface area contributed by atoms with Crippen LogP contribution in [0.5, 0.6) is 5.75 Å². The summed E-state index contributed by atoms with van der Waals surface area (Å²) in [4.78, 5) is 39.6. The third-order valence-electron chi connectivity index (χ3n) is 8.77. The maximum absolute atomic E-state index is 12.9. The molecule has 1 amide bonds. The lowest BCUT2D eigenvalue weighted by Crippen LogP contribution is -2.68. The van der Waals surface area contributed by atoms with Gasteiger partial charge in [0.2, 0.25) is 0 Å². The zero-order valence-electron chi connectivity index (χ0n) is 24.3. The molecule has 3 aliphatic rings. The molecular formula is C33H35F3N2O5. The molecule has 2 aromatic rings. The number of likely N-dealkylation sites (tertiary alicyclic amines) is 1. The van der Waals surface area contributed by atoms with Gasteiger partial charge in [0, 0.05) is 49.9 Å². The van der Waals surface area contributed by atoms with Crippen LogP contribution in [0.1, 0.15) is 69.1 Å². The molecule has 10 heteroatoms. The summed E-state index contributed by atoms with van der Waals surface area (Å²) in [7, 11) is 0. The molecule has 2 aliphatic carbocycles. The normalized spacial score (nSPS) is 25.5. The number of ether oxygens (including phenoxy) is 2. The minimum Gasteiger partial charge on any atom is -0.457 e. The van der Waals surface area contributed by atoms with Gasteiger partial charge in [0.1, 0.15) is 11.4 Å². The largest absolute Gasteiger partial charge is 0.457 e. The lowest BCUT2D eigenvalue weighted by molar-refractivity contribution is -0.187. The van der Waals surface area contributed by atoms with Crippen LogP contribution >= 0.6 is 0 Å². The van der Waals surface area contributed by atoms with Gasteiger partial charge in [-0.25, -0.2) is 0 Å². The monoisotopic (exact) mass is 596 g/mol. The number of halogens is 3. The first-order valence-corrected chi connectivity index (χ1v) is 14.6. The number of carbonyl (C=O) groups excluding carboxylic acids is 3. The van der Waals surface area contributed by atoms with Crippen molar-refractivity contribution in [2.75, 3.05) is 19.6 Å². The number of nitrogens with zero attached hydrogens (tertiary/aromatic N) is 1. The van der Waals surface area contributed by atoms with E-state index in [1.165, 1.54) is 38.8 Å². The van der Waals surface area contributed by atoms with Crippen molar-refractivity contribution in [2.24, 2.45) is 5.92 Å². The average Bonchev–Trinajstić information content (AvgIpc) is 3.75. The van der Waals surface area contributed by atoms with Crippen molar-refractivity contribution in [1.82, 2.24) is 10.2 Å². The molecule has 3 fully saturated rings. The second-order valence-electron chi connectivity index (χ2n) is 12.0. The van der Waals surface area contributed by atoms with E-state index in [1.54, 1.807) is 6.07 Å². The molecule has 0 spiro atoms. The zero-order valence-corrected chi connectivity index (χ0v) is 24.3. The molecule has 0 radical (unpaired) electrons. The summed E-state index contributed by atoms with van der Waals surface area (Å²) in [5.41, 5.74) is -1.15. The summed E-state index contributed by atoms with van der Waals surface area (Å²) in [5, 5.41) is 2.99. The Labute approximate surface area is 249 Å². The summed E-state index contributed by atoms with van der Waals surface area (Å²) < 4.78 is 50.3. The van der Waals surface area contributed by atoms with Crippen molar-refractivity contribution >= 4 is 17.8 Å². The Morgan fingerprint density at radius 1 is 1.02 bits per heavy atom. The molecule has 1 saturated heterocycles. The number of piperidine rings is 1. The molecule has 2 aromatic carbocycles. The molecule has 7 nitrogen and oxygen atoms in total. The van der Waals surface area contributed by atoms with Crippen LogP contribution in [0.2, 0.25) is 0 Å². The highest BCUT2D eigenvalue weighted by molar-refractivity contribution is 5.94. The second kappa shape index (κ2) is 12.0. The van der Waals surface area contributed by atoms with Crippen molar-refractivity contribution in [2.45, 2.75) is 75.6 Å². The highest BCUT2D eigenvalue weighted by atomic mass is 19.4. The first-order valence-electron chi connectivity index (χ1n) is 14.6. The van der Waals surface area contributed by atoms with E-state index in [0.29, 0.717) is 49.5 Å². The van der Waals surface area contributed by atoms with E-state index >= 15 is 0 Å². The maximum Gasteiger partial charge on any atom is 0.416 e. The third kappa shape index (κ3) is 7.04. The summed E-state index contributed by atoms with van der Waals surface area (Å²) >= 11 is 0. The summed E-state index contributed by atoms with van der Waals surface area (Å²) in [5.74, 6) is 4.84. The zero-order chi connectivity index (χ0) is 30.8. The van der Waals surface area contributed by atoms with E-state index in [-0.39, 0.29) is 12.0 Å². The average molecular weight is 597 g/mol. The maximum atomic E-state index is 12.9. The smallest absolute Gasteiger partial charge is 0.416 e. The van der Waals surface area contributed by atoms with Gasteiger partial charge in [0.05, 0.1) is 5.56 Å². The van der Waals surface area contributed by atoms with Gasteiger partial charge in [-0.15, -0.1) is 0 Å². The molecule has 1 heterocycles. The Hall–Kier alpha value is -3.84. The van der Waals surface area contributed by atoms with Crippen LogP contribution in [0.3, 0.4) is 0 Å². The Morgan fingerprint density at radius 2 is 1.77 bits per heavy atom. The summed E-state index contributed by atoms with van der Waals surface area (Å²) in [6.07, 6.45) is 0.136. The van der Waals surface area contributed by atoms with Crippen molar-refractivity contribution in [3.8, 4) is 17.6 Å². The van der Waals surface area contributed by atoms with E-state index < -0.39 is 34.6 Å². The third-order valence-corrected chi connectivity index (χ3v) is 8.77. The number of benzene rings is 2. The summed E-state index contributed by atoms with van der Waals surface area (Å²) in [6, 6.07) is 11.3. The number of fused-ring (bicyclic) bond motifs is 1. The van der Waals surface area contributed by atoms with Gasteiger partial charge in [-0.3, -0.25) is 19.3 Å². The molecule has 1 N–H and O–H groups in total. The van der Waals surface area contributed by atoms with Crippen LogP contribution in [0, 0.1) is 17.8 Å². The fourth-order valence-electron chi connectivity index (χ4n) is 6.75. The molecule has 1 aliphatic heterocycles. The summed E-state index contributed by atoms with van der Waals surface area (Å²) in [6.45, 7) is 5.05. The van der Waals surface area contributed by atoms with Crippen molar-refractivity contribution in [1.29, 1.82) is 0 Å². The predicted molar refractivity (Wildman–Crippen MR) is 152 cm³/mol. The van der Waals surface area contributed by atoms with Gasteiger partial charge in [0.25, 0.3) is 5.91 Å². The number of hydrogen-bond donors (Lipinski definition) is 1.